The Bertz CT molecular complexity index is 2060. The Hall–Kier alpha value is -5.68. The van der Waals surface area contributed by atoms with Crippen molar-refractivity contribution in [3.05, 3.63) is 120 Å². The number of aromatic nitrogens is 1. The van der Waals surface area contributed by atoms with Gasteiger partial charge in [0.15, 0.2) is 0 Å². The lowest BCUT2D eigenvalue weighted by Crippen LogP contribution is -2.58. The second-order valence-corrected chi connectivity index (χ2v) is 14.7. The number of hydrogen-bond donors (Lipinski definition) is 6. The fraction of sp³-hybridized carbons (Fsp3) is 0.378. The molecule has 4 aromatic carbocycles. The summed E-state index contributed by atoms with van der Waals surface area (Å²) < 4.78 is 5.53. The molecular formula is C45H55N5O6. The summed E-state index contributed by atoms with van der Waals surface area (Å²) in [5.41, 5.74) is 3.29. The van der Waals surface area contributed by atoms with Gasteiger partial charge in [0.25, 0.3) is 0 Å². The molecule has 0 aliphatic rings. The molecule has 5 aromatic rings. The first kappa shape index (κ1) is 41.5. The summed E-state index contributed by atoms with van der Waals surface area (Å²) in [6, 6.07) is 27.5. The van der Waals surface area contributed by atoms with E-state index >= 15 is 0 Å². The van der Waals surface area contributed by atoms with E-state index in [4.69, 9.17) is 4.74 Å². The molecule has 6 atom stereocenters. The minimum Gasteiger partial charge on any atom is -0.445 e. The van der Waals surface area contributed by atoms with Crippen LogP contribution in [0.3, 0.4) is 0 Å². The van der Waals surface area contributed by atoms with Crippen LogP contribution in [0.4, 0.5) is 4.79 Å². The van der Waals surface area contributed by atoms with Gasteiger partial charge in [-0.1, -0.05) is 132 Å². The number of rotatable bonds is 19. The number of ether oxygens (including phenoxy) is 1. The Morgan fingerprint density at radius 2 is 1.36 bits per heavy atom. The monoisotopic (exact) mass is 761 g/mol. The van der Waals surface area contributed by atoms with Crippen molar-refractivity contribution >= 4 is 45.5 Å². The van der Waals surface area contributed by atoms with Crippen molar-refractivity contribution in [1.29, 1.82) is 0 Å². The number of benzene rings is 4. The van der Waals surface area contributed by atoms with Crippen molar-refractivity contribution in [2.24, 2.45) is 11.8 Å². The van der Waals surface area contributed by atoms with Crippen LogP contribution in [0.25, 0.3) is 21.7 Å². The number of aromatic amines is 1. The molecule has 4 amide bonds. The first-order valence-corrected chi connectivity index (χ1v) is 19.6. The first-order chi connectivity index (χ1) is 27.1. The van der Waals surface area contributed by atoms with Crippen LogP contribution in [-0.4, -0.2) is 64.7 Å². The summed E-state index contributed by atoms with van der Waals surface area (Å²) in [5.74, 6) is -1.31. The fourth-order valence-electron chi connectivity index (χ4n) is 6.77. The zero-order valence-corrected chi connectivity index (χ0v) is 32.7. The Morgan fingerprint density at radius 3 is 2.11 bits per heavy atom. The van der Waals surface area contributed by atoms with Crippen LogP contribution in [0.1, 0.15) is 63.6 Å². The molecule has 0 fully saturated rings. The van der Waals surface area contributed by atoms with Crippen LogP contribution < -0.4 is 21.3 Å². The first-order valence-electron chi connectivity index (χ1n) is 19.6. The predicted molar refractivity (Wildman–Crippen MR) is 220 cm³/mol. The highest BCUT2D eigenvalue weighted by Crippen LogP contribution is 2.22. The molecule has 0 saturated carbocycles. The molecule has 1 heterocycles. The van der Waals surface area contributed by atoms with E-state index < -0.39 is 42.1 Å². The van der Waals surface area contributed by atoms with Crippen molar-refractivity contribution in [3.8, 4) is 0 Å². The van der Waals surface area contributed by atoms with E-state index in [2.05, 4.69) is 26.3 Å². The second-order valence-electron chi connectivity index (χ2n) is 14.7. The topological polar surface area (TPSA) is 162 Å². The molecule has 0 saturated heterocycles. The lowest BCUT2D eigenvalue weighted by molar-refractivity contribution is -0.131. The number of H-pyrrole nitrogens is 1. The van der Waals surface area contributed by atoms with Gasteiger partial charge in [0.05, 0.1) is 18.6 Å². The highest BCUT2D eigenvalue weighted by molar-refractivity contribution is 5.93. The Morgan fingerprint density at radius 1 is 0.714 bits per heavy atom. The number of aliphatic hydroxyl groups excluding tert-OH is 1. The third-order valence-electron chi connectivity index (χ3n) is 10.6. The van der Waals surface area contributed by atoms with Crippen molar-refractivity contribution in [3.63, 3.8) is 0 Å². The number of alkyl carbamates (subject to hydrolysis) is 1. The number of para-hydroxylation sites is 1. The van der Waals surface area contributed by atoms with Crippen molar-refractivity contribution in [1.82, 2.24) is 26.3 Å². The Kier molecular flexibility index (Phi) is 15.0. The van der Waals surface area contributed by atoms with E-state index in [1.54, 1.807) is 0 Å². The van der Waals surface area contributed by atoms with Gasteiger partial charge >= 0.3 is 6.09 Å². The molecule has 4 unspecified atom stereocenters. The summed E-state index contributed by atoms with van der Waals surface area (Å²) in [7, 11) is 0. The molecule has 5 rings (SSSR count). The number of fused-ring (bicyclic) bond motifs is 2. The van der Waals surface area contributed by atoms with Crippen molar-refractivity contribution in [2.75, 3.05) is 6.54 Å². The maximum atomic E-state index is 14.4. The average Bonchev–Trinajstić information content (AvgIpc) is 3.63. The molecule has 296 valence electrons. The van der Waals surface area contributed by atoms with Crippen molar-refractivity contribution in [2.45, 2.75) is 90.6 Å². The van der Waals surface area contributed by atoms with Gasteiger partial charge in [-0.05, 0) is 45.4 Å². The Balaban J connectivity index is 1.41. The minimum absolute atomic E-state index is 0.00978. The van der Waals surface area contributed by atoms with E-state index in [0.29, 0.717) is 18.9 Å². The molecule has 0 spiro atoms. The van der Waals surface area contributed by atoms with Crippen LogP contribution in [0.5, 0.6) is 0 Å². The maximum Gasteiger partial charge on any atom is 0.408 e. The average molecular weight is 762 g/mol. The third kappa shape index (κ3) is 11.4. The number of carbonyl (C=O) groups is 4. The van der Waals surface area contributed by atoms with Gasteiger partial charge in [-0.25, -0.2) is 4.79 Å². The summed E-state index contributed by atoms with van der Waals surface area (Å²) in [5, 5.41) is 25.8. The zero-order valence-electron chi connectivity index (χ0n) is 32.7. The number of hydrogen-bond acceptors (Lipinski definition) is 6. The lowest BCUT2D eigenvalue weighted by atomic mass is 9.91. The molecule has 56 heavy (non-hydrogen) atoms. The lowest BCUT2D eigenvalue weighted by Gasteiger charge is -2.31. The minimum atomic E-state index is -1.17. The van der Waals surface area contributed by atoms with Gasteiger partial charge in [0.2, 0.25) is 17.7 Å². The molecule has 0 radical (unpaired) electrons. The number of carbonyl (C=O) groups excluding carboxylic acids is 4. The summed E-state index contributed by atoms with van der Waals surface area (Å²) in [4.78, 5) is 58.2. The maximum absolute atomic E-state index is 14.4. The molecule has 0 aliphatic heterocycles. The van der Waals surface area contributed by atoms with Crippen LogP contribution in [-0.2, 0) is 38.6 Å². The molecule has 0 bridgehead atoms. The largest absolute Gasteiger partial charge is 0.445 e. The van der Waals surface area contributed by atoms with Crippen molar-refractivity contribution < 1.29 is 29.0 Å². The number of nitrogens with one attached hydrogen (secondary N) is 5. The van der Waals surface area contributed by atoms with Gasteiger partial charge in [-0.15, -0.1) is 0 Å². The van der Waals surface area contributed by atoms with E-state index in [-0.39, 0.29) is 37.7 Å². The molecule has 1 aromatic heterocycles. The smallest absolute Gasteiger partial charge is 0.408 e. The predicted octanol–water partition coefficient (Wildman–Crippen LogP) is 6.33. The van der Waals surface area contributed by atoms with Gasteiger partial charge in [-0.2, -0.15) is 0 Å². The second kappa shape index (κ2) is 20.3. The van der Waals surface area contributed by atoms with Gasteiger partial charge in [-0.3, -0.25) is 14.4 Å². The SMILES string of the molecule is CCC(C)CNC(=O)CC(O)C(NC(=O)[C@H](Cc1c[nH]c2ccccc12)NC(=O)[C@H](Cc1cccc2ccccc12)NC(=O)OCc1ccccc1)C(C)CC. The van der Waals surface area contributed by atoms with Gasteiger partial charge in [0.1, 0.15) is 18.7 Å². The molecule has 0 aliphatic carbocycles. The van der Waals surface area contributed by atoms with E-state index in [0.717, 1.165) is 44.8 Å². The normalized spacial score (nSPS) is 14.5. The molecule has 6 N–H and O–H groups in total. The summed E-state index contributed by atoms with van der Waals surface area (Å²) in [6.07, 6.45) is 1.44. The van der Waals surface area contributed by atoms with E-state index in [1.165, 1.54) is 0 Å². The zero-order chi connectivity index (χ0) is 40.0. The van der Waals surface area contributed by atoms with Gasteiger partial charge < -0.3 is 36.1 Å². The number of amides is 4. The highest BCUT2D eigenvalue weighted by atomic mass is 16.5. The van der Waals surface area contributed by atoms with Crippen LogP contribution in [0, 0.1) is 11.8 Å². The fourth-order valence-corrected chi connectivity index (χ4v) is 6.77. The molecular weight excluding hydrogens is 707 g/mol. The van der Waals surface area contributed by atoms with Crippen LogP contribution in [0.2, 0.25) is 0 Å². The summed E-state index contributed by atoms with van der Waals surface area (Å²) >= 11 is 0. The van der Waals surface area contributed by atoms with E-state index in [9.17, 15) is 24.3 Å². The molecule has 11 nitrogen and oxygen atoms in total. The molecule has 11 heteroatoms. The van der Waals surface area contributed by atoms with E-state index in [1.807, 2.05) is 131 Å². The number of aliphatic hydroxyl groups is 1. The summed E-state index contributed by atoms with van der Waals surface area (Å²) in [6.45, 7) is 8.45. The standard InChI is InChI=1S/C45H55N5O6/c1-5-29(3)26-47-41(52)25-40(51)42(30(4)6-2)50-44(54)38(24-34-27-46-37-22-13-12-21-36(34)37)48-43(53)39(49-45(55)56-28-31-15-8-7-9-16-31)23-33-19-14-18-32-17-10-11-20-35(32)33/h7-22,27,29-30,38-40,42,46,51H,5-6,23-26,28H2,1-4H3,(H,47,52)(H,48,53)(H,49,55)(H,50,54)/t29?,30?,38-,39-,40?,42?/m0/s1. The highest BCUT2D eigenvalue weighted by Gasteiger charge is 2.33. The van der Waals surface area contributed by atoms with Crippen LogP contribution in [0.15, 0.2) is 103 Å². The van der Waals surface area contributed by atoms with Crippen LogP contribution >= 0.6 is 0 Å². The Labute approximate surface area is 329 Å². The third-order valence-corrected chi connectivity index (χ3v) is 10.6. The quantitative estimate of drug-likeness (QED) is 0.0577. The van der Waals surface area contributed by atoms with Gasteiger partial charge in [0, 0.05) is 36.5 Å².